The molecule has 1 amide bonds. The van der Waals surface area contributed by atoms with Gasteiger partial charge in [0.15, 0.2) is 0 Å². The van der Waals surface area contributed by atoms with Crippen LogP contribution in [-0.2, 0) is 17.9 Å². The van der Waals surface area contributed by atoms with E-state index in [4.69, 9.17) is 5.26 Å². The Morgan fingerprint density at radius 2 is 2.00 bits per heavy atom. The highest BCUT2D eigenvalue weighted by Gasteiger charge is 2.05. The van der Waals surface area contributed by atoms with Crippen molar-refractivity contribution in [2.45, 2.75) is 19.5 Å². The summed E-state index contributed by atoms with van der Waals surface area (Å²) in [7, 11) is 0. The summed E-state index contributed by atoms with van der Waals surface area (Å²) in [4.78, 5) is 12.0. The molecular formula is C19H17N3O. The molecule has 0 fully saturated rings. The van der Waals surface area contributed by atoms with E-state index in [9.17, 15) is 4.79 Å². The lowest BCUT2D eigenvalue weighted by Gasteiger charge is -2.07. The zero-order chi connectivity index (χ0) is 16.1. The van der Waals surface area contributed by atoms with E-state index in [1.54, 1.807) is 12.1 Å². The first kappa shape index (κ1) is 14.9. The van der Waals surface area contributed by atoms with Crippen LogP contribution in [0.3, 0.4) is 0 Å². The first-order chi connectivity index (χ1) is 11.3. The molecule has 0 radical (unpaired) electrons. The van der Waals surface area contributed by atoms with E-state index in [0.29, 0.717) is 25.1 Å². The number of aromatic nitrogens is 1. The summed E-state index contributed by atoms with van der Waals surface area (Å²) in [6.45, 7) is 1.10. The number of para-hydroxylation sites is 1. The Morgan fingerprint density at radius 3 is 2.87 bits per heavy atom. The summed E-state index contributed by atoms with van der Waals surface area (Å²) < 4.78 is 2.09. The monoisotopic (exact) mass is 303 g/mol. The summed E-state index contributed by atoms with van der Waals surface area (Å²) in [5.74, 6) is 0.00476. The molecule has 0 unspecified atom stereocenters. The topological polar surface area (TPSA) is 57.8 Å². The molecule has 1 heterocycles. The molecule has 0 saturated heterocycles. The Labute approximate surface area is 135 Å². The molecule has 0 spiro atoms. The quantitative estimate of drug-likeness (QED) is 0.786. The zero-order valence-electron chi connectivity index (χ0n) is 12.7. The lowest BCUT2D eigenvalue weighted by Crippen LogP contribution is -2.23. The van der Waals surface area contributed by atoms with Crippen molar-refractivity contribution in [3.05, 3.63) is 71.9 Å². The summed E-state index contributed by atoms with van der Waals surface area (Å²) in [6.07, 6.45) is 2.44. The highest BCUT2D eigenvalue weighted by molar-refractivity contribution is 5.80. The van der Waals surface area contributed by atoms with Gasteiger partial charge in [-0.05, 0) is 35.2 Å². The molecule has 4 nitrogen and oxygen atoms in total. The molecule has 0 aliphatic rings. The van der Waals surface area contributed by atoms with Crippen LogP contribution >= 0.6 is 0 Å². The molecule has 114 valence electrons. The van der Waals surface area contributed by atoms with Gasteiger partial charge in [-0.1, -0.05) is 30.3 Å². The number of carbonyl (C=O) groups is 1. The van der Waals surface area contributed by atoms with Gasteiger partial charge in [-0.2, -0.15) is 5.26 Å². The number of nitriles is 1. The van der Waals surface area contributed by atoms with Gasteiger partial charge in [0.05, 0.1) is 11.6 Å². The van der Waals surface area contributed by atoms with Crippen molar-refractivity contribution < 1.29 is 4.79 Å². The van der Waals surface area contributed by atoms with Gasteiger partial charge in [0, 0.05) is 31.2 Å². The van der Waals surface area contributed by atoms with Crippen LogP contribution in [0, 0.1) is 11.3 Å². The molecule has 0 aliphatic carbocycles. The van der Waals surface area contributed by atoms with Crippen LogP contribution in [0.15, 0.2) is 60.8 Å². The maximum Gasteiger partial charge on any atom is 0.222 e. The maximum atomic E-state index is 12.0. The fraction of sp³-hybridized carbons (Fsp3) is 0.158. The van der Waals surface area contributed by atoms with Crippen LogP contribution in [0.2, 0.25) is 0 Å². The number of hydrogen-bond acceptors (Lipinski definition) is 2. The van der Waals surface area contributed by atoms with Crippen molar-refractivity contribution in [2.24, 2.45) is 0 Å². The molecule has 2 aromatic carbocycles. The fourth-order valence-electron chi connectivity index (χ4n) is 2.60. The van der Waals surface area contributed by atoms with Crippen molar-refractivity contribution in [3.8, 4) is 6.07 Å². The summed E-state index contributed by atoms with van der Waals surface area (Å²) in [5, 5.41) is 13.0. The van der Waals surface area contributed by atoms with Gasteiger partial charge in [0.2, 0.25) is 5.91 Å². The fourth-order valence-corrected chi connectivity index (χ4v) is 2.60. The Balaban J connectivity index is 1.54. The molecule has 1 aromatic heterocycles. The van der Waals surface area contributed by atoms with Gasteiger partial charge in [-0.15, -0.1) is 0 Å². The molecule has 3 aromatic rings. The number of benzene rings is 2. The molecular weight excluding hydrogens is 286 g/mol. The van der Waals surface area contributed by atoms with Crippen LogP contribution < -0.4 is 5.32 Å². The first-order valence-corrected chi connectivity index (χ1v) is 7.56. The molecule has 23 heavy (non-hydrogen) atoms. The van der Waals surface area contributed by atoms with Crippen molar-refractivity contribution in [2.75, 3.05) is 0 Å². The number of amides is 1. The number of carbonyl (C=O) groups excluding carboxylic acids is 1. The number of nitrogens with one attached hydrogen (secondary N) is 1. The number of nitrogens with zero attached hydrogens (tertiary/aromatic N) is 2. The third-order valence-electron chi connectivity index (χ3n) is 3.81. The Hall–Kier alpha value is -3.06. The second kappa shape index (κ2) is 6.80. The smallest absolute Gasteiger partial charge is 0.222 e. The molecule has 4 heteroatoms. The van der Waals surface area contributed by atoms with Gasteiger partial charge in [-0.25, -0.2) is 0 Å². The Kier molecular flexibility index (Phi) is 4.39. The summed E-state index contributed by atoms with van der Waals surface area (Å²) in [5.41, 5.74) is 2.68. The van der Waals surface area contributed by atoms with E-state index in [1.807, 2.05) is 30.5 Å². The van der Waals surface area contributed by atoms with Gasteiger partial charge in [0.1, 0.15) is 0 Å². The average Bonchev–Trinajstić information content (AvgIpc) is 3.01. The predicted octanol–water partition coefficient (Wildman–Crippen LogP) is 3.22. The highest BCUT2D eigenvalue weighted by atomic mass is 16.1. The van der Waals surface area contributed by atoms with Crippen LogP contribution in [0.5, 0.6) is 0 Å². The normalized spacial score (nSPS) is 10.4. The molecule has 0 aliphatic heterocycles. The lowest BCUT2D eigenvalue weighted by atomic mass is 10.1. The van der Waals surface area contributed by atoms with Crippen molar-refractivity contribution in [3.63, 3.8) is 0 Å². The average molecular weight is 303 g/mol. The second-order valence-electron chi connectivity index (χ2n) is 5.41. The molecule has 0 bridgehead atoms. The van der Waals surface area contributed by atoms with Gasteiger partial charge >= 0.3 is 0 Å². The molecule has 0 saturated carbocycles. The van der Waals surface area contributed by atoms with Crippen LogP contribution in [0.4, 0.5) is 0 Å². The Bertz CT molecular complexity index is 873. The summed E-state index contributed by atoms with van der Waals surface area (Å²) in [6, 6.07) is 19.6. The van der Waals surface area contributed by atoms with Gasteiger partial charge < -0.3 is 9.88 Å². The largest absolute Gasteiger partial charge is 0.352 e. The summed E-state index contributed by atoms with van der Waals surface area (Å²) >= 11 is 0. The van der Waals surface area contributed by atoms with E-state index < -0.39 is 0 Å². The second-order valence-corrected chi connectivity index (χ2v) is 5.41. The van der Waals surface area contributed by atoms with Crippen LogP contribution in [0.1, 0.15) is 17.5 Å². The minimum absolute atomic E-state index is 0.00476. The van der Waals surface area contributed by atoms with E-state index in [0.717, 1.165) is 11.1 Å². The van der Waals surface area contributed by atoms with Gasteiger partial charge in [-0.3, -0.25) is 4.79 Å². The maximum absolute atomic E-state index is 12.0. The minimum atomic E-state index is 0.00476. The van der Waals surface area contributed by atoms with Crippen molar-refractivity contribution in [1.29, 1.82) is 5.26 Å². The lowest BCUT2D eigenvalue weighted by molar-refractivity contribution is -0.121. The van der Waals surface area contributed by atoms with E-state index in [2.05, 4.69) is 34.2 Å². The number of aryl methyl sites for hydroxylation is 1. The zero-order valence-corrected chi connectivity index (χ0v) is 12.7. The van der Waals surface area contributed by atoms with E-state index >= 15 is 0 Å². The number of fused-ring (bicyclic) bond motifs is 1. The standard InChI is InChI=1S/C19H17N3O/c20-13-15-4-3-5-16(12-15)14-21-19(23)9-11-22-10-8-17-6-1-2-7-18(17)22/h1-8,10,12H,9,11,14H2,(H,21,23). The molecule has 1 N–H and O–H groups in total. The Morgan fingerprint density at radius 1 is 1.13 bits per heavy atom. The number of rotatable bonds is 5. The van der Waals surface area contributed by atoms with Crippen molar-refractivity contribution in [1.82, 2.24) is 9.88 Å². The molecule has 3 rings (SSSR count). The van der Waals surface area contributed by atoms with Crippen LogP contribution in [0.25, 0.3) is 10.9 Å². The minimum Gasteiger partial charge on any atom is -0.352 e. The van der Waals surface area contributed by atoms with E-state index in [1.165, 1.54) is 5.39 Å². The third kappa shape index (κ3) is 3.58. The van der Waals surface area contributed by atoms with E-state index in [-0.39, 0.29) is 5.91 Å². The highest BCUT2D eigenvalue weighted by Crippen LogP contribution is 2.15. The third-order valence-corrected chi connectivity index (χ3v) is 3.81. The number of hydrogen-bond donors (Lipinski definition) is 1. The van der Waals surface area contributed by atoms with Crippen molar-refractivity contribution >= 4 is 16.8 Å². The van der Waals surface area contributed by atoms with Crippen LogP contribution in [-0.4, -0.2) is 10.5 Å². The SMILES string of the molecule is N#Cc1cccc(CNC(=O)CCn2ccc3ccccc32)c1. The van der Waals surface area contributed by atoms with Gasteiger partial charge in [0.25, 0.3) is 0 Å². The molecule has 0 atom stereocenters. The first-order valence-electron chi connectivity index (χ1n) is 7.56. The predicted molar refractivity (Wildman–Crippen MR) is 89.6 cm³/mol.